The largest absolute Gasteiger partial charge is 0.508 e. The van der Waals surface area contributed by atoms with Crippen LogP contribution in [0.1, 0.15) is 72.4 Å². The molecular formula is C50H57N11O17. The fourth-order valence-electron chi connectivity index (χ4n) is 7.84. The number of aromatic amines is 1. The second-order valence-electron chi connectivity index (χ2n) is 17.7. The summed E-state index contributed by atoms with van der Waals surface area (Å²) in [6.07, 6.45) is 0.608. The van der Waals surface area contributed by atoms with Gasteiger partial charge in [0, 0.05) is 72.4 Å². The van der Waals surface area contributed by atoms with Crippen LogP contribution in [0.2, 0.25) is 0 Å². The van der Waals surface area contributed by atoms with Gasteiger partial charge in [-0.1, -0.05) is 0 Å². The van der Waals surface area contributed by atoms with Crippen molar-refractivity contribution in [1.29, 1.82) is 0 Å². The topological polar surface area (TPSA) is 450 Å². The summed E-state index contributed by atoms with van der Waals surface area (Å²) in [4.78, 5) is 157. The number of nitrogens with one attached hydrogen (secondary N) is 9. The number of phenolic OH excluding ortho intramolecular Hbond substituents is 1. The number of carbonyl (C=O) groups is 11. The van der Waals surface area contributed by atoms with Crippen LogP contribution in [0.3, 0.4) is 0 Å². The third kappa shape index (κ3) is 17.2. The van der Waals surface area contributed by atoms with Gasteiger partial charge in [0.05, 0.1) is 37.6 Å². The summed E-state index contributed by atoms with van der Waals surface area (Å²) in [7, 11) is 0. The van der Waals surface area contributed by atoms with E-state index in [0.29, 0.717) is 28.6 Å². The summed E-state index contributed by atoms with van der Waals surface area (Å²) in [6.45, 7) is 0.341. The summed E-state index contributed by atoms with van der Waals surface area (Å²) in [5.41, 5.74) is 6.25. The van der Waals surface area contributed by atoms with Crippen LogP contribution in [-0.4, -0.2) is 152 Å². The Bertz CT molecular complexity index is 3100. The second-order valence-corrected chi connectivity index (χ2v) is 17.7. The molecule has 2 heterocycles. The van der Waals surface area contributed by atoms with E-state index in [4.69, 9.17) is 15.3 Å². The number of hydrogen-bond acceptors (Lipinski definition) is 16. The van der Waals surface area contributed by atoms with Crippen LogP contribution in [0.25, 0.3) is 33.4 Å². The van der Waals surface area contributed by atoms with E-state index >= 15 is 0 Å². The number of unbranched alkanes of at least 4 members (excludes halogenated alkanes) is 1. The van der Waals surface area contributed by atoms with Crippen LogP contribution >= 0.6 is 0 Å². The minimum Gasteiger partial charge on any atom is -0.508 e. The molecule has 0 unspecified atom stereocenters. The van der Waals surface area contributed by atoms with Gasteiger partial charge in [0.15, 0.2) is 5.43 Å². The lowest BCUT2D eigenvalue weighted by Crippen LogP contribution is -2.59. The maximum Gasteiger partial charge on any atom is 0.336 e. The highest BCUT2D eigenvalue weighted by Crippen LogP contribution is 2.42. The van der Waals surface area contributed by atoms with Gasteiger partial charge in [0.1, 0.15) is 41.3 Å². The predicted octanol–water partition coefficient (Wildman–Crippen LogP) is -2.13. The quantitative estimate of drug-likeness (QED) is 0.0188. The molecule has 414 valence electrons. The molecule has 0 radical (unpaired) electrons. The summed E-state index contributed by atoms with van der Waals surface area (Å²) < 4.78 is 5.87. The van der Waals surface area contributed by atoms with E-state index in [1.807, 2.05) is 0 Å². The lowest BCUT2D eigenvalue weighted by molar-refractivity contribution is -0.138. The Hall–Kier alpha value is -9.73. The predicted molar refractivity (Wildman–Crippen MR) is 272 cm³/mol. The van der Waals surface area contributed by atoms with Gasteiger partial charge in [0.2, 0.25) is 47.3 Å². The fourth-order valence-corrected chi connectivity index (χ4v) is 7.84. The molecule has 1 aliphatic carbocycles. The number of primary amides is 1. The second kappa shape index (κ2) is 27.7. The van der Waals surface area contributed by atoms with Crippen molar-refractivity contribution in [3.63, 3.8) is 0 Å². The van der Waals surface area contributed by atoms with E-state index < -0.39 is 121 Å². The molecule has 5 atom stereocenters. The molecule has 78 heavy (non-hydrogen) atoms. The number of aliphatic hydroxyl groups excluding tert-OH is 1. The Morgan fingerprint density at radius 2 is 1.41 bits per heavy atom. The molecule has 2 aromatic carbocycles. The Labute approximate surface area is 442 Å². The lowest BCUT2D eigenvalue weighted by atomic mass is 9.89. The molecule has 1 aromatic heterocycles. The summed E-state index contributed by atoms with van der Waals surface area (Å²) in [5.74, 6) is -10.2. The Morgan fingerprint density at radius 1 is 0.718 bits per heavy atom. The number of H-pyrrole nitrogens is 1. The van der Waals surface area contributed by atoms with E-state index in [-0.39, 0.29) is 71.4 Å². The number of hydrogen-bond donors (Lipinski definition) is 14. The Morgan fingerprint density at radius 3 is 2.05 bits per heavy atom. The molecule has 3 aromatic rings. The maximum absolute atomic E-state index is 13.4. The molecule has 28 heteroatoms. The van der Waals surface area contributed by atoms with Crippen molar-refractivity contribution in [2.75, 3.05) is 26.2 Å². The van der Waals surface area contributed by atoms with Gasteiger partial charge in [-0.15, -0.1) is 0 Å². The van der Waals surface area contributed by atoms with Gasteiger partial charge in [-0.25, -0.2) is 9.78 Å². The zero-order chi connectivity index (χ0) is 57.2. The summed E-state index contributed by atoms with van der Waals surface area (Å²) >= 11 is 0. The number of aliphatic hydroxyl groups is 1. The number of fused-ring (bicyclic) bond motifs is 2. The molecule has 5 rings (SSSR count). The number of imidazole rings is 1. The zero-order valence-corrected chi connectivity index (χ0v) is 41.9. The van der Waals surface area contributed by atoms with Crippen LogP contribution in [0, 0.1) is 0 Å². The van der Waals surface area contributed by atoms with Crippen molar-refractivity contribution in [1.82, 2.24) is 52.5 Å². The van der Waals surface area contributed by atoms with Crippen molar-refractivity contribution in [3.8, 4) is 28.2 Å². The minimum atomic E-state index is -1.69. The average Bonchev–Trinajstić information content (AvgIpc) is 3.98. The van der Waals surface area contributed by atoms with E-state index in [2.05, 4.69) is 52.5 Å². The third-order valence-electron chi connectivity index (χ3n) is 11.7. The highest BCUT2D eigenvalue weighted by molar-refractivity contribution is 6.09. The number of aromatic nitrogens is 2. The van der Waals surface area contributed by atoms with Crippen molar-refractivity contribution < 1.29 is 77.6 Å². The maximum atomic E-state index is 13.4. The fraction of sp³-hybridized carbons (Fsp3) is 0.340. The van der Waals surface area contributed by atoms with Gasteiger partial charge in [-0.05, 0) is 80.6 Å². The van der Waals surface area contributed by atoms with Gasteiger partial charge in [-0.2, -0.15) is 0 Å². The molecule has 0 saturated carbocycles. The highest BCUT2D eigenvalue weighted by Gasteiger charge is 2.32. The van der Waals surface area contributed by atoms with Gasteiger partial charge in [0.25, 0.3) is 5.91 Å². The SMILES string of the molecule is CC(=O)N[C@H](CCCCNC(=O)c1ccc(C(=O)O)c(-c2c3ccc(=O)cc-3oc3cc(O)ccc23)c1)C(=O)NCC(=O)NCC(=O)NCC(=O)N[C@@H](C(=O)N[C@H](Cc1cnc[nH]1)C(=O)N[C@H](CCC(=O)O)C(N)=O)[C@H](C)O. The number of amides is 9. The number of rotatable bonds is 28. The molecule has 2 aliphatic rings. The van der Waals surface area contributed by atoms with Crippen LogP contribution in [0.5, 0.6) is 5.75 Å². The van der Waals surface area contributed by atoms with Gasteiger partial charge >= 0.3 is 11.9 Å². The van der Waals surface area contributed by atoms with E-state index in [1.54, 1.807) is 0 Å². The van der Waals surface area contributed by atoms with Crippen LogP contribution in [0.4, 0.5) is 0 Å². The number of nitrogens with zero attached hydrogens (tertiary/aromatic N) is 1. The van der Waals surface area contributed by atoms with Crippen molar-refractivity contribution in [2.24, 2.45) is 5.73 Å². The van der Waals surface area contributed by atoms with Gasteiger partial charge < -0.3 is 78.1 Å². The number of benzene rings is 3. The monoisotopic (exact) mass is 1080 g/mol. The number of phenols is 1. The van der Waals surface area contributed by atoms with E-state index in [0.717, 1.165) is 6.92 Å². The lowest BCUT2D eigenvalue weighted by Gasteiger charge is -2.25. The highest BCUT2D eigenvalue weighted by atomic mass is 16.4. The summed E-state index contributed by atoms with van der Waals surface area (Å²) in [5, 5.41) is 58.9. The first-order chi connectivity index (χ1) is 37.0. The first-order valence-corrected chi connectivity index (χ1v) is 24.0. The molecule has 15 N–H and O–H groups in total. The van der Waals surface area contributed by atoms with Crippen LogP contribution < -0.4 is 53.7 Å². The molecule has 0 bridgehead atoms. The number of carbonyl (C=O) groups excluding carboxylic acids is 9. The van der Waals surface area contributed by atoms with Crippen molar-refractivity contribution in [2.45, 2.75) is 82.6 Å². The normalized spacial score (nSPS) is 12.9. The first-order valence-electron chi connectivity index (χ1n) is 24.0. The van der Waals surface area contributed by atoms with Crippen molar-refractivity contribution in [3.05, 3.63) is 94.2 Å². The average molecular weight is 1080 g/mol. The smallest absolute Gasteiger partial charge is 0.336 e. The summed E-state index contributed by atoms with van der Waals surface area (Å²) in [6, 6.07) is 6.50. The van der Waals surface area contributed by atoms with Crippen molar-refractivity contribution >= 4 is 76.1 Å². The Balaban J connectivity index is 1.07. The molecule has 9 amide bonds. The molecule has 0 spiro atoms. The standard InChI is InChI=1S/C50H57N11O17/c1-24(62)44(49(75)60-36(16-27-19-52-23-57-27)48(74)59-34(45(51)71)12-13-42(69)70)61-41(68)22-55-39(66)20-54-40(67)21-56-47(73)35(58-25(2)63)5-3-4-14-53-46(72)26-6-9-30(50(76)77)33(15-26)43-31-10-7-28(64)17-37(31)78-38-18-29(65)8-11-32(38)43/h6-11,15,17-19,23-24,34-36,44,62,64H,3-5,12-14,16,20-22H2,1-2H3,(H2,51,71)(H,52,57)(H,53,72)(H,54,67)(H,55,66)(H,56,73)(H,58,63)(H,59,74)(H,60,75)(H,61,68)(H,69,70)(H,76,77)/t24-,34+,35+,36+,44+/m0/s1. The molecule has 0 saturated heterocycles. The molecule has 28 nitrogen and oxygen atoms in total. The zero-order valence-electron chi connectivity index (χ0n) is 41.9. The molecule has 0 fully saturated rings. The molecule has 1 aliphatic heterocycles. The first kappa shape index (κ1) is 59.2. The van der Waals surface area contributed by atoms with Crippen LogP contribution in [-0.2, 0) is 49.6 Å². The number of carboxylic acids is 2. The number of aliphatic carboxylic acids is 1. The Kier molecular flexibility index (Phi) is 21.0. The van der Waals surface area contributed by atoms with Gasteiger partial charge in [-0.3, -0.25) is 52.7 Å². The number of aromatic carboxylic acids is 1. The van der Waals surface area contributed by atoms with Crippen LogP contribution in [0.15, 0.2) is 76.3 Å². The molecular weight excluding hydrogens is 1030 g/mol. The third-order valence-corrected chi connectivity index (χ3v) is 11.7. The van der Waals surface area contributed by atoms with E-state index in [1.165, 1.54) is 74.0 Å². The number of carboxylic acid groups (broad SMARTS) is 2. The number of aromatic hydroxyl groups is 1. The minimum absolute atomic E-state index is 0.0664. The van der Waals surface area contributed by atoms with E-state index in [9.17, 15) is 72.9 Å². The number of nitrogens with two attached hydrogens (primary N) is 1.